The summed E-state index contributed by atoms with van der Waals surface area (Å²) in [4.78, 5) is 40.6. The van der Waals surface area contributed by atoms with Gasteiger partial charge in [0.05, 0.1) is 16.8 Å². The number of fused-ring (bicyclic) bond motifs is 5. The van der Waals surface area contributed by atoms with E-state index in [2.05, 4.69) is 20.6 Å². The molecular formula is C28H28ClIN6O4S. The Morgan fingerprint density at radius 1 is 1.12 bits per heavy atom. The number of hydrogen-bond donors (Lipinski definition) is 2. The molecule has 0 radical (unpaired) electrons. The van der Waals surface area contributed by atoms with Crippen LogP contribution in [0.15, 0.2) is 36.5 Å². The number of carbonyl (C=O) groups is 2. The third kappa shape index (κ3) is 6.04. The Bertz CT molecular complexity index is 1700. The van der Waals surface area contributed by atoms with Gasteiger partial charge >= 0.3 is 6.09 Å². The predicted molar refractivity (Wildman–Crippen MR) is 171 cm³/mol. The summed E-state index contributed by atoms with van der Waals surface area (Å²) >= 11 is 7.60. The van der Waals surface area contributed by atoms with Crippen molar-refractivity contribution in [1.29, 1.82) is 0 Å². The lowest BCUT2D eigenvalue weighted by molar-refractivity contribution is 0.0270. The molecule has 0 bridgehead atoms. The molecule has 13 heteroatoms. The van der Waals surface area contributed by atoms with E-state index in [1.165, 1.54) is 11.3 Å². The van der Waals surface area contributed by atoms with E-state index in [1.807, 2.05) is 45.0 Å². The largest absolute Gasteiger partial charge is 0.444 e. The van der Waals surface area contributed by atoms with Crippen LogP contribution in [0, 0.1) is 0 Å². The zero-order valence-electron chi connectivity index (χ0n) is 22.6. The summed E-state index contributed by atoms with van der Waals surface area (Å²) in [5.41, 5.74) is 2.63. The zero-order valence-corrected chi connectivity index (χ0v) is 26.5. The smallest absolute Gasteiger partial charge is 0.410 e. The normalized spacial score (nSPS) is 15.3. The van der Waals surface area contributed by atoms with Crippen molar-refractivity contribution in [3.63, 3.8) is 0 Å². The highest BCUT2D eigenvalue weighted by atomic mass is 127. The molecular weight excluding hydrogens is 679 g/mol. The van der Waals surface area contributed by atoms with Gasteiger partial charge < -0.3 is 25.0 Å². The van der Waals surface area contributed by atoms with E-state index in [-0.39, 0.29) is 47.1 Å². The molecule has 214 valence electrons. The summed E-state index contributed by atoms with van der Waals surface area (Å²) < 4.78 is 12.7. The van der Waals surface area contributed by atoms with Crippen LogP contribution >= 0.6 is 46.9 Å². The molecule has 0 saturated heterocycles. The number of anilines is 1. The van der Waals surface area contributed by atoms with Crippen LogP contribution in [0.4, 0.5) is 10.5 Å². The number of rotatable bonds is 3. The highest BCUT2D eigenvalue weighted by Crippen LogP contribution is 2.41. The van der Waals surface area contributed by atoms with Crippen LogP contribution in [0.2, 0.25) is 5.28 Å². The van der Waals surface area contributed by atoms with Crippen LogP contribution in [-0.2, 0) is 4.74 Å². The number of ether oxygens (including phenoxy) is 2. The van der Waals surface area contributed by atoms with Gasteiger partial charge in [0.2, 0.25) is 17.0 Å². The average Bonchev–Trinajstić information content (AvgIpc) is 3.20. The Morgan fingerprint density at radius 2 is 1.93 bits per heavy atom. The van der Waals surface area contributed by atoms with Crippen molar-refractivity contribution in [2.45, 2.75) is 32.8 Å². The van der Waals surface area contributed by atoms with E-state index in [1.54, 1.807) is 17.2 Å². The van der Waals surface area contributed by atoms with E-state index in [0.717, 1.165) is 32.2 Å². The molecule has 5 heterocycles. The van der Waals surface area contributed by atoms with Crippen LogP contribution in [-0.4, -0.2) is 63.6 Å². The van der Waals surface area contributed by atoms with E-state index >= 15 is 0 Å². The van der Waals surface area contributed by atoms with Gasteiger partial charge in [0.15, 0.2) is 0 Å². The van der Waals surface area contributed by atoms with Gasteiger partial charge in [0, 0.05) is 53.9 Å². The maximum Gasteiger partial charge on any atom is 0.410 e. The molecule has 3 aromatic heterocycles. The molecule has 2 aliphatic heterocycles. The molecule has 10 nitrogen and oxygen atoms in total. The van der Waals surface area contributed by atoms with Crippen molar-refractivity contribution < 1.29 is 19.1 Å². The summed E-state index contributed by atoms with van der Waals surface area (Å²) in [7, 11) is 0. The number of aromatic nitrogens is 3. The number of nitrogens with zero attached hydrogens (tertiary/aromatic N) is 4. The van der Waals surface area contributed by atoms with Crippen LogP contribution in [0.25, 0.3) is 26.6 Å². The summed E-state index contributed by atoms with van der Waals surface area (Å²) in [6.07, 6.45) is 3.80. The quantitative estimate of drug-likeness (QED) is 0.184. The third-order valence-corrected chi connectivity index (χ3v) is 7.88. The van der Waals surface area contributed by atoms with Gasteiger partial charge in [0.1, 0.15) is 10.5 Å². The van der Waals surface area contributed by atoms with Gasteiger partial charge in [-0.05, 0) is 62.6 Å². The number of thiophene rings is 1. The van der Waals surface area contributed by atoms with E-state index in [0.29, 0.717) is 48.9 Å². The first-order valence-corrected chi connectivity index (χ1v) is 14.1. The predicted octanol–water partition coefficient (Wildman–Crippen LogP) is 6.48. The van der Waals surface area contributed by atoms with Gasteiger partial charge in [-0.3, -0.25) is 4.79 Å². The van der Waals surface area contributed by atoms with E-state index in [9.17, 15) is 9.59 Å². The molecule has 2 N–H and O–H groups in total. The van der Waals surface area contributed by atoms with Crippen molar-refractivity contribution >= 4 is 91.2 Å². The topological polar surface area (TPSA) is 119 Å². The molecule has 2 amide bonds. The van der Waals surface area contributed by atoms with Gasteiger partial charge in [-0.2, -0.15) is 4.98 Å². The second-order valence-electron chi connectivity index (χ2n) is 10.5. The minimum absolute atomic E-state index is 0. The van der Waals surface area contributed by atoms with Gasteiger partial charge in [-0.15, -0.1) is 35.3 Å². The summed E-state index contributed by atoms with van der Waals surface area (Å²) in [6, 6.07) is 7.61. The second-order valence-corrected chi connectivity index (χ2v) is 11.9. The SMILES string of the molecule is CC(C)(C)OC(=O)N1CC=C(c2cnc(Cl)nc2Oc2ccc3c(ccc4sc5c(c43)NCCNC5=O)n2)CC1.I. The number of nitrogens with one attached hydrogen (secondary N) is 2. The lowest BCUT2D eigenvalue weighted by Crippen LogP contribution is -2.39. The van der Waals surface area contributed by atoms with E-state index < -0.39 is 5.60 Å². The van der Waals surface area contributed by atoms with Crippen molar-refractivity contribution in [3.05, 3.63) is 52.3 Å². The summed E-state index contributed by atoms with van der Waals surface area (Å²) in [6.45, 7) is 7.65. The van der Waals surface area contributed by atoms with Crippen molar-refractivity contribution in [1.82, 2.24) is 25.2 Å². The fourth-order valence-corrected chi connectivity index (χ4v) is 6.00. The standard InChI is InChI=1S/C28H27ClN6O4S.HI/c1-28(2,3)39-27(37)35-12-8-15(9-13-35)17-14-32-26(29)34-25(17)38-20-7-4-16-18(33-20)5-6-19-21(16)22-23(40-19)24(36)31-11-10-30-22;/h4-8,14,30H,9-13H2,1-3H3,(H,31,36);1H. The lowest BCUT2D eigenvalue weighted by Gasteiger charge is -2.29. The molecule has 0 saturated carbocycles. The Labute approximate surface area is 262 Å². The Morgan fingerprint density at radius 3 is 2.68 bits per heavy atom. The van der Waals surface area contributed by atoms with Gasteiger partial charge in [-0.1, -0.05) is 6.08 Å². The van der Waals surface area contributed by atoms with Crippen LogP contribution in [0.1, 0.15) is 42.4 Å². The number of halogens is 2. The highest BCUT2D eigenvalue weighted by Gasteiger charge is 2.26. The van der Waals surface area contributed by atoms with Crippen LogP contribution in [0.3, 0.4) is 0 Å². The monoisotopic (exact) mass is 706 g/mol. The van der Waals surface area contributed by atoms with Crippen LogP contribution < -0.4 is 15.4 Å². The first-order valence-electron chi connectivity index (χ1n) is 12.9. The molecule has 41 heavy (non-hydrogen) atoms. The average molecular weight is 707 g/mol. The molecule has 0 atom stereocenters. The first-order chi connectivity index (χ1) is 19.2. The molecule has 4 aromatic rings. The summed E-state index contributed by atoms with van der Waals surface area (Å²) in [5, 5.41) is 8.26. The minimum atomic E-state index is -0.558. The van der Waals surface area contributed by atoms with E-state index in [4.69, 9.17) is 26.1 Å². The number of carbonyl (C=O) groups excluding carboxylic acids is 2. The van der Waals surface area contributed by atoms with Gasteiger partial charge in [0.25, 0.3) is 5.91 Å². The molecule has 2 aliphatic rings. The fourth-order valence-electron chi connectivity index (χ4n) is 4.76. The zero-order chi connectivity index (χ0) is 28.0. The third-order valence-electron chi connectivity index (χ3n) is 6.55. The van der Waals surface area contributed by atoms with Crippen molar-refractivity contribution in [2.75, 3.05) is 31.5 Å². The molecule has 0 aliphatic carbocycles. The Hall–Kier alpha value is -3.23. The first kappa shape index (κ1) is 29.3. The van der Waals surface area contributed by atoms with Crippen molar-refractivity contribution in [3.8, 4) is 11.8 Å². The Kier molecular flexibility index (Phi) is 8.26. The van der Waals surface area contributed by atoms with Gasteiger partial charge in [-0.25, -0.2) is 14.8 Å². The maximum absolute atomic E-state index is 12.5. The molecule has 1 aromatic carbocycles. The second kappa shape index (κ2) is 11.6. The molecule has 0 spiro atoms. The molecule has 0 fully saturated rings. The van der Waals surface area contributed by atoms with Crippen LogP contribution in [0.5, 0.6) is 11.8 Å². The molecule has 6 rings (SSSR count). The number of benzene rings is 1. The number of hydrogen-bond acceptors (Lipinski definition) is 9. The Balaban J connectivity index is 0.00000337. The minimum Gasteiger partial charge on any atom is -0.444 e. The fraction of sp³-hybridized carbons (Fsp3) is 0.321. The number of pyridine rings is 1. The lowest BCUT2D eigenvalue weighted by atomic mass is 10.0. The number of amides is 2. The summed E-state index contributed by atoms with van der Waals surface area (Å²) in [5.74, 6) is 0.566. The highest BCUT2D eigenvalue weighted by molar-refractivity contribution is 14.0. The molecule has 0 unspecified atom stereocenters. The maximum atomic E-state index is 12.5. The van der Waals surface area contributed by atoms with Crippen molar-refractivity contribution in [2.24, 2.45) is 0 Å².